The second-order valence-corrected chi connectivity index (χ2v) is 8.81. The van der Waals surface area contributed by atoms with Crippen LogP contribution in [0.15, 0.2) is 30.3 Å². The first-order valence-corrected chi connectivity index (χ1v) is 11.8. The lowest BCUT2D eigenvalue weighted by molar-refractivity contribution is -0.793. The van der Waals surface area contributed by atoms with Crippen molar-refractivity contribution in [3.05, 3.63) is 35.9 Å². The molecule has 1 aliphatic rings. The molecule has 1 aliphatic heterocycles. The monoisotopic (exact) mass is 464 g/mol. The van der Waals surface area contributed by atoms with Gasteiger partial charge in [0.1, 0.15) is 18.1 Å². The van der Waals surface area contributed by atoms with Crippen LogP contribution in [0.4, 0.5) is 4.79 Å². The normalized spacial score (nSPS) is 22.1. The highest BCUT2D eigenvalue weighted by molar-refractivity contribution is 5.85. The van der Waals surface area contributed by atoms with Crippen molar-refractivity contribution in [1.82, 2.24) is 10.6 Å². The van der Waals surface area contributed by atoms with Gasteiger partial charge in [0, 0.05) is 19.4 Å². The molecule has 1 aromatic rings. The number of nitrogens with one attached hydrogen (secondary N) is 2. The van der Waals surface area contributed by atoms with E-state index >= 15 is 0 Å². The van der Waals surface area contributed by atoms with Crippen molar-refractivity contribution in [2.45, 2.75) is 70.0 Å². The number of carboxylic acid groups (broad SMARTS) is 2. The Morgan fingerprint density at radius 2 is 1.79 bits per heavy atom. The van der Waals surface area contributed by atoms with Crippen molar-refractivity contribution in [2.75, 3.05) is 26.2 Å². The Hall–Kier alpha value is -2.33. The molecule has 1 unspecified atom stereocenters. The second kappa shape index (κ2) is 13.4. The van der Waals surface area contributed by atoms with Gasteiger partial charge < -0.3 is 20.6 Å². The first kappa shape index (κ1) is 26.9. The third-order valence-corrected chi connectivity index (χ3v) is 6.57. The van der Waals surface area contributed by atoms with Gasteiger partial charge in [-0.05, 0) is 51.1 Å². The van der Waals surface area contributed by atoms with Crippen LogP contribution in [-0.2, 0) is 16.0 Å². The van der Waals surface area contributed by atoms with Crippen LogP contribution in [0.2, 0.25) is 0 Å². The van der Waals surface area contributed by atoms with Crippen LogP contribution in [0, 0.1) is 0 Å². The Morgan fingerprint density at radius 3 is 2.36 bits per heavy atom. The maximum atomic E-state index is 13.6. The molecule has 1 heterocycles. The van der Waals surface area contributed by atoms with Crippen LogP contribution in [0.3, 0.4) is 0 Å². The van der Waals surface area contributed by atoms with Gasteiger partial charge in [0.25, 0.3) is 0 Å². The molecule has 0 bridgehead atoms. The van der Waals surface area contributed by atoms with Gasteiger partial charge in [0.2, 0.25) is 0 Å². The third kappa shape index (κ3) is 7.33. The van der Waals surface area contributed by atoms with Crippen LogP contribution >= 0.6 is 0 Å². The number of likely N-dealkylation sites (tertiary alicyclic amines) is 1. The fourth-order valence-electron chi connectivity index (χ4n) is 4.62. The molecular formula is C24H38N3O6+. The van der Waals surface area contributed by atoms with Gasteiger partial charge in [-0.2, -0.15) is 9.28 Å². The number of carbonyl (C=O) groups excluding carboxylic acids is 1. The maximum absolute atomic E-state index is 13.6. The summed E-state index contributed by atoms with van der Waals surface area (Å²) in [6.45, 7) is 3.19. The number of aliphatic hydroxyl groups excluding tert-OH is 1. The van der Waals surface area contributed by atoms with E-state index in [9.17, 15) is 24.6 Å². The number of rotatable bonds is 14. The molecule has 0 aromatic heterocycles. The molecule has 1 saturated heterocycles. The van der Waals surface area contributed by atoms with Crippen LogP contribution < -0.4 is 10.6 Å². The van der Waals surface area contributed by atoms with E-state index in [1.165, 1.54) is 0 Å². The first-order chi connectivity index (χ1) is 15.8. The zero-order chi connectivity index (χ0) is 24.3. The van der Waals surface area contributed by atoms with Gasteiger partial charge >= 0.3 is 18.0 Å². The third-order valence-electron chi connectivity index (χ3n) is 6.57. The van der Waals surface area contributed by atoms with E-state index < -0.39 is 34.5 Å². The molecular weight excluding hydrogens is 426 g/mol. The molecule has 0 saturated carbocycles. The summed E-state index contributed by atoms with van der Waals surface area (Å²) in [4.78, 5) is 37.8. The largest absolute Gasteiger partial charge is 0.521 e. The number of aryl methyl sites for hydroxylation is 1. The number of imide groups is 1. The Morgan fingerprint density at radius 1 is 1.06 bits per heavy atom. The SMILES string of the molecule is C[C@@H]1CCC[N+]1(C(=O)O)C(=O)[C@H](CCCCNCCO)N[C@@H](CCc1ccccc1)C(=O)O. The van der Waals surface area contributed by atoms with Crippen LogP contribution in [-0.4, -0.2) is 82.1 Å². The maximum Gasteiger partial charge on any atom is 0.521 e. The van der Waals surface area contributed by atoms with Gasteiger partial charge in [-0.15, -0.1) is 0 Å². The number of aliphatic hydroxyl groups is 1. The molecule has 184 valence electrons. The molecule has 1 fully saturated rings. The fraction of sp³-hybridized carbons (Fsp3) is 0.625. The van der Waals surface area contributed by atoms with Gasteiger partial charge in [0.05, 0.1) is 13.2 Å². The Labute approximate surface area is 195 Å². The highest BCUT2D eigenvalue weighted by Crippen LogP contribution is 2.30. The van der Waals surface area contributed by atoms with E-state index in [4.69, 9.17) is 5.11 Å². The lowest BCUT2D eigenvalue weighted by Crippen LogP contribution is -2.65. The van der Waals surface area contributed by atoms with E-state index in [1.807, 2.05) is 30.3 Å². The molecule has 9 nitrogen and oxygen atoms in total. The molecule has 0 spiro atoms. The van der Waals surface area contributed by atoms with Crippen LogP contribution in [0.5, 0.6) is 0 Å². The molecule has 4 atom stereocenters. The average molecular weight is 465 g/mol. The summed E-state index contributed by atoms with van der Waals surface area (Å²) in [7, 11) is 0. The fourth-order valence-corrected chi connectivity index (χ4v) is 4.62. The summed E-state index contributed by atoms with van der Waals surface area (Å²) >= 11 is 0. The molecule has 2 amide bonds. The van der Waals surface area contributed by atoms with E-state index in [0.717, 1.165) is 12.0 Å². The number of nitrogens with zero attached hydrogens (tertiary/aromatic N) is 1. The molecule has 5 N–H and O–H groups in total. The number of unbranched alkanes of at least 4 members (excludes halogenated alkanes) is 1. The number of carbonyl (C=O) groups is 3. The lowest BCUT2D eigenvalue weighted by atomic mass is 10.0. The van der Waals surface area contributed by atoms with Crippen molar-refractivity contribution in [3.63, 3.8) is 0 Å². The van der Waals surface area contributed by atoms with Gasteiger partial charge in [0.15, 0.2) is 0 Å². The minimum atomic E-state index is -1.17. The van der Waals surface area contributed by atoms with E-state index in [0.29, 0.717) is 51.6 Å². The topological polar surface area (TPSA) is 136 Å². The summed E-state index contributed by atoms with van der Waals surface area (Å²) in [5.41, 5.74) is 1.01. The quantitative estimate of drug-likeness (QED) is 0.208. The van der Waals surface area contributed by atoms with Crippen molar-refractivity contribution < 1.29 is 34.2 Å². The van der Waals surface area contributed by atoms with Gasteiger partial charge in [-0.25, -0.2) is 4.79 Å². The van der Waals surface area contributed by atoms with E-state index in [-0.39, 0.29) is 19.2 Å². The molecule has 0 radical (unpaired) electrons. The molecule has 9 heteroatoms. The summed E-state index contributed by atoms with van der Waals surface area (Å²) in [5.74, 6) is -1.51. The molecule has 0 aliphatic carbocycles. The Kier molecular flexibility index (Phi) is 10.9. The summed E-state index contributed by atoms with van der Waals surface area (Å²) in [6.07, 6.45) is 2.67. The minimum absolute atomic E-state index is 0.0425. The second-order valence-electron chi connectivity index (χ2n) is 8.81. The number of carboxylic acids is 1. The number of hydrogen-bond acceptors (Lipinski definition) is 6. The van der Waals surface area contributed by atoms with E-state index in [2.05, 4.69) is 10.6 Å². The molecule has 33 heavy (non-hydrogen) atoms. The zero-order valence-corrected chi connectivity index (χ0v) is 19.4. The minimum Gasteiger partial charge on any atom is -0.480 e. The van der Waals surface area contributed by atoms with Crippen molar-refractivity contribution >= 4 is 18.0 Å². The zero-order valence-electron chi connectivity index (χ0n) is 19.4. The van der Waals surface area contributed by atoms with Crippen molar-refractivity contribution in [2.24, 2.45) is 0 Å². The predicted octanol–water partition coefficient (Wildman–Crippen LogP) is 1.99. The summed E-state index contributed by atoms with van der Waals surface area (Å²) < 4.78 is -0.647. The lowest BCUT2D eigenvalue weighted by Gasteiger charge is -2.34. The highest BCUT2D eigenvalue weighted by atomic mass is 16.4. The number of amides is 2. The molecule has 2 rings (SSSR count). The highest BCUT2D eigenvalue weighted by Gasteiger charge is 2.55. The van der Waals surface area contributed by atoms with Gasteiger partial charge in [-0.3, -0.25) is 10.1 Å². The average Bonchev–Trinajstić information content (AvgIpc) is 3.19. The number of benzene rings is 1. The Bertz CT molecular complexity index is 775. The summed E-state index contributed by atoms with van der Waals surface area (Å²) in [6, 6.07) is 7.37. The predicted molar refractivity (Wildman–Crippen MR) is 124 cm³/mol. The molecule has 1 aromatic carbocycles. The van der Waals surface area contributed by atoms with Crippen LogP contribution in [0.1, 0.15) is 51.0 Å². The number of aliphatic carboxylic acids is 1. The van der Waals surface area contributed by atoms with E-state index in [1.54, 1.807) is 6.92 Å². The van der Waals surface area contributed by atoms with Gasteiger partial charge in [-0.1, -0.05) is 30.3 Å². The van der Waals surface area contributed by atoms with Crippen LogP contribution in [0.25, 0.3) is 0 Å². The first-order valence-electron chi connectivity index (χ1n) is 11.8. The Balaban J connectivity index is 2.14. The number of quaternary nitrogens is 1. The summed E-state index contributed by atoms with van der Waals surface area (Å²) in [5, 5.41) is 34.8. The smallest absolute Gasteiger partial charge is 0.480 e. The van der Waals surface area contributed by atoms with Crippen molar-refractivity contribution in [1.29, 1.82) is 0 Å². The number of hydrogen-bond donors (Lipinski definition) is 5. The van der Waals surface area contributed by atoms with Crippen molar-refractivity contribution in [3.8, 4) is 0 Å². The standard InChI is InChI=1S/C24H37N3O6/c1-18-8-7-16-27(18,24(32)33)22(29)20(11-5-6-14-25-15-17-28)26-21(23(30)31)13-12-19-9-3-2-4-10-19/h2-4,9-10,18,20-21,25-26,28H,5-8,11-17H2,1H3,(H-,30,31,32,33)/p+1/t18-,20+,21+,27?/m1/s1.